The normalized spacial score (nSPS) is 23.6. The van der Waals surface area contributed by atoms with E-state index in [-0.39, 0.29) is 0 Å². The highest BCUT2D eigenvalue weighted by Crippen LogP contribution is 2.44. The summed E-state index contributed by atoms with van der Waals surface area (Å²) >= 11 is 1.73. The van der Waals surface area contributed by atoms with Crippen LogP contribution in [0.2, 0.25) is 0 Å². The molecule has 134 valence electrons. The highest BCUT2D eigenvalue weighted by atomic mass is 32.1. The van der Waals surface area contributed by atoms with Crippen molar-refractivity contribution in [2.24, 2.45) is 5.92 Å². The molecule has 1 saturated heterocycles. The average Bonchev–Trinajstić information content (AvgIpc) is 3.06. The van der Waals surface area contributed by atoms with E-state index in [0.29, 0.717) is 5.92 Å². The first kappa shape index (κ1) is 16.2. The van der Waals surface area contributed by atoms with Gasteiger partial charge in [-0.15, -0.1) is 11.3 Å². The van der Waals surface area contributed by atoms with E-state index in [9.17, 15) is 5.11 Å². The molecule has 0 spiro atoms. The summed E-state index contributed by atoms with van der Waals surface area (Å²) in [5.41, 5.74) is 2.91. The van der Waals surface area contributed by atoms with Crippen molar-refractivity contribution in [1.82, 2.24) is 14.7 Å². The standard InChI is InChI=1S/C21H23N3OS/c25-21(17-8-9-17)10-11-23(15-21)13-16-14-24(18-5-2-1-3-6-18)22-20(16)19-7-4-12-26-19/h1-7,12,14,17,25H,8-11,13,15H2. The monoisotopic (exact) mass is 365 g/mol. The zero-order chi connectivity index (χ0) is 17.6. The lowest BCUT2D eigenvalue weighted by atomic mass is 9.97. The Kier molecular flexibility index (Phi) is 3.96. The van der Waals surface area contributed by atoms with Gasteiger partial charge < -0.3 is 5.11 Å². The molecule has 3 heterocycles. The topological polar surface area (TPSA) is 41.3 Å². The summed E-state index contributed by atoms with van der Waals surface area (Å²) < 4.78 is 1.98. The molecule has 1 aliphatic heterocycles. The van der Waals surface area contributed by atoms with Gasteiger partial charge in [0.05, 0.1) is 16.2 Å². The van der Waals surface area contributed by atoms with Crippen LogP contribution in [0.4, 0.5) is 0 Å². The van der Waals surface area contributed by atoms with E-state index in [2.05, 4.69) is 40.7 Å². The highest BCUT2D eigenvalue weighted by Gasteiger charge is 2.47. The summed E-state index contributed by atoms with van der Waals surface area (Å²) in [6.07, 6.45) is 5.44. The summed E-state index contributed by atoms with van der Waals surface area (Å²) in [5.74, 6) is 0.524. The Morgan fingerprint density at radius 3 is 2.73 bits per heavy atom. The van der Waals surface area contributed by atoms with Crippen molar-refractivity contribution < 1.29 is 5.11 Å². The van der Waals surface area contributed by atoms with Gasteiger partial charge >= 0.3 is 0 Å². The maximum Gasteiger partial charge on any atom is 0.107 e. The third kappa shape index (κ3) is 3.00. The fraction of sp³-hybridized carbons (Fsp3) is 0.381. The Bertz CT molecular complexity index is 885. The summed E-state index contributed by atoms with van der Waals surface area (Å²) in [6.45, 7) is 2.60. The molecule has 0 bridgehead atoms. The zero-order valence-electron chi connectivity index (χ0n) is 14.7. The number of likely N-dealkylation sites (tertiary alicyclic amines) is 1. The average molecular weight is 366 g/mol. The molecule has 1 aromatic carbocycles. The van der Waals surface area contributed by atoms with Crippen LogP contribution >= 0.6 is 11.3 Å². The molecule has 5 rings (SSSR count). The van der Waals surface area contributed by atoms with Crippen molar-refractivity contribution in [2.45, 2.75) is 31.4 Å². The van der Waals surface area contributed by atoms with E-state index >= 15 is 0 Å². The first-order valence-corrected chi connectivity index (χ1v) is 10.2. The molecule has 1 saturated carbocycles. The van der Waals surface area contributed by atoms with Crippen LogP contribution in [0.15, 0.2) is 54.0 Å². The van der Waals surface area contributed by atoms with Crippen LogP contribution in [0.1, 0.15) is 24.8 Å². The molecular formula is C21H23N3OS. The van der Waals surface area contributed by atoms with Crippen LogP contribution < -0.4 is 0 Å². The minimum atomic E-state index is -0.460. The van der Waals surface area contributed by atoms with Crippen molar-refractivity contribution in [3.8, 4) is 16.3 Å². The molecule has 0 radical (unpaired) electrons. The number of nitrogens with zero attached hydrogens (tertiary/aromatic N) is 3. The first-order valence-electron chi connectivity index (χ1n) is 9.34. The van der Waals surface area contributed by atoms with E-state index in [4.69, 9.17) is 5.10 Å². The van der Waals surface area contributed by atoms with Gasteiger partial charge in [0.2, 0.25) is 0 Å². The number of aliphatic hydroxyl groups is 1. The molecule has 5 heteroatoms. The van der Waals surface area contributed by atoms with Crippen LogP contribution in [-0.4, -0.2) is 38.5 Å². The quantitative estimate of drug-likeness (QED) is 0.744. The number of rotatable bonds is 5. The highest BCUT2D eigenvalue weighted by molar-refractivity contribution is 7.13. The third-order valence-electron chi connectivity index (χ3n) is 5.65. The van der Waals surface area contributed by atoms with E-state index in [1.165, 1.54) is 23.3 Å². The molecule has 1 aliphatic carbocycles. The summed E-state index contributed by atoms with van der Waals surface area (Å²) in [4.78, 5) is 3.59. The van der Waals surface area contributed by atoms with Crippen molar-refractivity contribution >= 4 is 11.3 Å². The smallest absolute Gasteiger partial charge is 0.107 e. The second-order valence-corrected chi connectivity index (χ2v) is 8.55. The Morgan fingerprint density at radius 2 is 2.00 bits per heavy atom. The lowest BCUT2D eigenvalue weighted by molar-refractivity contribution is 0.0263. The van der Waals surface area contributed by atoms with Crippen molar-refractivity contribution in [3.05, 3.63) is 59.6 Å². The molecule has 26 heavy (non-hydrogen) atoms. The molecule has 4 nitrogen and oxygen atoms in total. The van der Waals surface area contributed by atoms with Gasteiger partial charge in [-0.05, 0) is 48.8 Å². The van der Waals surface area contributed by atoms with Crippen LogP contribution in [0.5, 0.6) is 0 Å². The van der Waals surface area contributed by atoms with Gasteiger partial charge in [-0.3, -0.25) is 4.90 Å². The maximum atomic E-state index is 10.9. The van der Waals surface area contributed by atoms with Crippen molar-refractivity contribution in [2.75, 3.05) is 13.1 Å². The van der Waals surface area contributed by atoms with E-state index in [1.54, 1.807) is 11.3 Å². The molecule has 3 aromatic rings. The number of aromatic nitrogens is 2. The number of hydrogen-bond acceptors (Lipinski definition) is 4. The van der Waals surface area contributed by atoms with Crippen LogP contribution in [-0.2, 0) is 6.54 Å². The lowest BCUT2D eigenvalue weighted by Gasteiger charge is -2.23. The second-order valence-electron chi connectivity index (χ2n) is 7.60. The first-order chi connectivity index (χ1) is 12.7. The van der Waals surface area contributed by atoms with Gasteiger partial charge in [-0.1, -0.05) is 24.3 Å². The van der Waals surface area contributed by atoms with E-state index < -0.39 is 5.60 Å². The van der Waals surface area contributed by atoms with Crippen LogP contribution in [0.25, 0.3) is 16.3 Å². The molecule has 1 atom stereocenters. The number of β-amino-alcohol motifs (C(OH)–C–C–N with tert-alkyl or cyclic N) is 1. The summed E-state index contributed by atoms with van der Waals surface area (Å²) in [5, 5.41) is 17.8. The van der Waals surface area contributed by atoms with Crippen LogP contribution in [0.3, 0.4) is 0 Å². The zero-order valence-corrected chi connectivity index (χ0v) is 15.5. The minimum Gasteiger partial charge on any atom is -0.388 e. The van der Waals surface area contributed by atoms with E-state index in [0.717, 1.165) is 37.4 Å². The summed E-state index contributed by atoms with van der Waals surface area (Å²) in [7, 11) is 0. The Morgan fingerprint density at radius 1 is 1.15 bits per heavy atom. The second kappa shape index (κ2) is 6.34. The Hall–Kier alpha value is -1.95. The molecule has 2 aliphatic rings. The Labute approximate surface area is 157 Å². The predicted octanol–water partition coefficient (Wildman–Crippen LogP) is 3.95. The lowest BCUT2D eigenvalue weighted by Crippen LogP contribution is -2.35. The summed E-state index contributed by atoms with van der Waals surface area (Å²) in [6, 6.07) is 14.5. The van der Waals surface area contributed by atoms with Gasteiger partial charge in [0.25, 0.3) is 0 Å². The molecule has 0 amide bonds. The number of thiophene rings is 1. The molecular weight excluding hydrogens is 342 g/mol. The largest absolute Gasteiger partial charge is 0.388 e. The molecule has 2 aromatic heterocycles. The predicted molar refractivity (Wildman–Crippen MR) is 104 cm³/mol. The van der Waals surface area contributed by atoms with Crippen molar-refractivity contribution in [3.63, 3.8) is 0 Å². The third-order valence-corrected chi connectivity index (χ3v) is 6.53. The number of benzene rings is 1. The van der Waals surface area contributed by atoms with Gasteiger partial charge in [0, 0.05) is 31.4 Å². The van der Waals surface area contributed by atoms with Crippen LogP contribution in [0, 0.1) is 5.92 Å². The number of para-hydroxylation sites is 1. The maximum absolute atomic E-state index is 10.9. The van der Waals surface area contributed by atoms with E-state index in [1.807, 2.05) is 22.9 Å². The minimum absolute atomic E-state index is 0.460. The Balaban J connectivity index is 1.44. The van der Waals surface area contributed by atoms with Gasteiger partial charge in [0.1, 0.15) is 5.69 Å². The fourth-order valence-electron chi connectivity index (χ4n) is 4.09. The number of hydrogen-bond donors (Lipinski definition) is 1. The van der Waals surface area contributed by atoms with Crippen molar-refractivity contribution in [1.29, 1.82) is 0 Å². The fourth-order valence-corrected chi connectivity index (χ4v) is 4.83. The molecule has 1 N–H and O–H groups in total. The molecule has 2 fully saturated rings. The molecule has 1 unspecified atom stereocenters. The van der Waals surface area contributed by atoms with Gasteiger partial charge in [-0.25, -0.2) is 4.68 Å². The van der Waals surface area contributed by atoms with Gasteiger partial charge in [0.15, 0.2) is 0 Å². The SMILES string of the molecule is OC1(C2CC2)CCN(Cc2cn(-c3ccccc3)nc2-c2cccs2)C1. The van der Waals surface area contributed by atoms with Gasteiger partial charge in [-0.2, -0.15) is 5.10 Å².